The van der Waals surface area contributed by atoms with E-state index >= 15 is 0 Å². The van der Waals surface area contributed by atoms with Crippen molar-refractivity contribution in [3.05, 3.63) is 48.0 Å². The lowest BCUT2D eigenvalue weighted by atomic mass is 9.78. The van der Waals surface area contributed by atoms with Crippen LogP contribution in [0.3, 0.4) is 0 Å². The molecule has 1 fully saturated rings. The highest BCUT2D eigenvalue weighted by molar-refractivity contribution is 5.24. The van der Waals surface area contributed by atoms with Gasteiger partial charge in [0.1, 0.15) is 12.2 Å². The van der Waals surface area contributed by atoms with Gasteiger partial charge in [0.25, 0.3) is 0 Å². The van der Waals surface area contributed by atoms with Gasteiger partial charge < -0.3 is 4.57 Å². The third-order valence-corrected chi connectivity index (χ3v) is 4.79. The zero-order valence-corrected chi connectivity index (χ0v) is 14.0. The first-order chi connectivity index (χ1) is 10.5. The molecule has 118 valence electrons. The SMILES string of the molecule is CC(C)n1cnnc1CN1CC(c2ccccc2)C(C)(C)C1. The van der Waals surface area contributed by atoms with E-state index in [1.54, 1.807) is 0 Å². The van der Waals surface area contributed by atoms with Gasteiger partial charge in [0.15, 0.2) is 0 Å². The van der Waals surface area contributed by atoms with Crippen LogP contribution >= 0.6 is 0 Å². The summed E-state index contributed by atoms with van der Waals surface area (Å²) in [6.45, 7) is 12.2. The van der Waals surface area contributed by atoms with E-state index in [0.29, 0.717) is 12.0 Å². The molecule has 3 rings (SSSR count). The van der Waals surface area contributed by atoms with Gasteiger partial charge >= 0.3 is 0 Å². The maximum absolute atomic E-state index is 4.32. The van der Waals surface area contributed by atoms with Crippen LogP contribution in [0, 0.1) is 5.41 Å². The highest BCUT2D eigenvalue weighted by Gasteiger charge is 2.40. The number of hydrogen-bond acceptors (Lipinski definition) is 3. The molecule has 22 heavy (non-hydrogen) atoms. The average molecular weight is 298 g/mol. The van der Waals surface area contributed by atoms with Crippen molar-refractivity contribution in [3.63, 3.8) is 0 Å². The van der Waals surface area contributed by atoms with Crippen LogP contribution in [-0.2, 0) is 6.54 Å². The molecule has 0 aliphatic carbocycles. The van der Waals surface area contributed by atoms with E-state index < -0.39 is 0 Å². The number of nitrogens with zero attached hydrogens (tertiary/aromatic N) is 4. The van der Waals surface area contributed by atoms with Crippen LogP contribution < -0.4 is 0 Å². The minimum atomic E-state index is 0.282. The van der Waals surface area contributed by atoms with Crippen molar-refractivity contribution in [2.45, 2.75) is 46.2 Å². The molecule has 0 spiro atoms. The van der Waals surface area contributed by atoms with Crippen molar-refractivity contribution < 1.29 is 0 Å². The molecule has 1 unspecified atom stereocenters. The van der Waals surface area contributed by atoms with Crippen LogP contribution in [0.25, 0.3) is 0 Å². The summed E-state index contributed by atoms with van der Waals surface area (Å²) in [6.07, 6.45) is 1.84. The number of hydrogen-bond donors (Lipinski definition) is 0. The average Bonchev–Trinajstić information content (AvgIpc) is 3.04. The quantitative estimate of drug-likeness (QED) is 0.866. The molecule has 4 nitrogen and oxygen atoms in total. The van der Waals surface area contributed by atoms with Crippen molar-refractivity contribution in [3.8, 4) is 0 Å². The van der Waals surface area contributed by atoms with E-state index in [0.717, 1.165) is 25.5 Å². The first-order valence-electron chi connectivity index (χ1n) is 8.13. The number of rotatable bonds is 4. The summed E-state index contributed by atoms with van der Waals surface area (Å²) in [5, 5.41) is 8.40. The maximum atomic E-state index is 4.32. The molecule has 1 aromatic carbocycles. The fourth-order valence-corrected chi connectivity index (χ4v) is 3.63. The molecule has 0 bridgehead atoms. The van der Waals surface area contributed by atoms with E-state index in [1.165, 1.54) is 5.56 Å². The Kier molecular flexibility index (Phi) is 4.04. The van der Waals surface area contributed by atoms with E-state index in [4.69, 9.17) is 0 Å². The first-order valence-corrected chi connectivity index (χ1v) is 8.13. The highest BCUT2D eigenvalue weighted by Crippen LogP contribution is 2.42. The minimum Gasteiger partial charge on any atom is -0.314 e. The molecule has 1 atom stereocenters. The van der Waals surface area contributed by atoms with Crippen LogP contribution in [-0.4, -0.2) is 32.8 Å². The smallest absolute Gasteiger partial charge is 0.147 e. The Morgan fingerprint density at radius 1 is 1.23 bits per heavy atom. The second kappa shape index (κ2) is 5.84. The molecule has 0 radical (unpaired) electrons. The van der Waals surface area contributed by atoms with Gasteiger partial charge in [-0.3, -0.25) is 4.90 Å². The predicted molar refractivity (Wildman–Crippen MR) is 88.6 cm³/mol. The van der Waals surface area contributed by atoms with Crippen LogP contribution in [0.5, 0.6) is 0 Å². The summed E-state index contributed by atoms with van der Waals surface area (Å²) in [5.41, 5.74) is 1.73. The fourth-order valence-electron chi connectivity index (χ4n) is 3.63. The summed E-state index contributed by atoms with van der Waals surface area (Å²) in [5.74, 6) is 1.64. The Morgan fingerprint density at radius 3 is 2.64 bits per heavy atom. The molecule has 1 aliphatic rings. The molecule has 0 amide bonds. The van der Waals surface area contributed by atoms with E-state index in [1.807, 2.05) is 6.33 Å². The highest BCUT2D eigenvalue weighted by atomic mass is 15.3. The molecular weight excluding hydrogens is 272 g/mol. The molecule has 2 aromatic rings. The molecular formula is C18H26N4. The van der Waals surface area contributed by atoms with Crippen LogP contribution in [0.2, 0.25) is 0 Å². The van der Waals surface area contributed by atoms with Crippen molar-refractivity contribution in [1.82, 2.24) is 19.7 Å². The molecule has 0 N–H and O–H groups in total. The molecule has 2 heterocycles. The van der Waals surface area contributed by atoms with E-state index in [2.05, 4.69) is 77.7 Å². The van der Waals surface area contributed by atoms with Crippen LogP contribution in [0.4, 0.5) is 0 Å². The second-order valence-corrected chi connectivity index (χ2v) is 7.37. The Balaban J connectivity index is 1.76. The first kappa shape index (κ1) is 15.2. The number of benzene rings is 1. The van der Waals surface area contributed by atoms with Crippen molar-refractivity contribution in [2.75, 3.05) is 13.1 Å². The van der Waals surface area contributed by atoms with E-state index in [9.17, 15) is 0 Å². The minimum absolute atomic E-state index is 0.282. The normalized spacial score (nSPS) is 21.6. The van der Waals surface area contributed by atoms with Gasteiger partial charge in [0.05, 0.1) is 6.54 Å². The van der Waals surface area contributed by atoms with Gasteiger partial charge in [-0.15, -0.1) is 10.2 Å². The third kappa shape index (κ3) is 2.93. The lowest BCUT2D eigenvalue weighted by molar-refractivity contribution is 0.271. The summed E-state index contributed by atoms with van der Waals surface area (Å²) < 4.78 is 2.17. The van der Waals surface area contributed by atoms with Crippen molar-refractivity contribution in [2.24, 2.45) is 5.41 Å². The number of aromatic nitrogens is 3. The van der Waals surface area contributed by atoms with Gasteiger partial charge in [-0.25, -0.2) is 0 Å². The summed E-state index contributed by atoms with van der Waals surface area (Å²) in [7, 11) is 0. The second-order valence-electron chi connectivity index (χ2n) is 7.37. The molecule has 1 aliphatic heterocycles. The van der Waals surface area contributed by atoms with Crippen LogP contribution in [0.1, 0.15) is 51.0 Å². The summed E-state index contributed by atoms with van der Waals surface area (Å²) in [6, 6.07) is 11.3. The maximum Gasteiger partial charge on any atom is 0.147 e. The Bertz CT molecular complexity index is 615. The Morgan fingerprint density at radius 2 is 1.95 bits per heavy atom. The lowest BCUT2D eigenvalue weighted by Crippen LogP contribution is -2.25. The van der Waals surface area contributed by atoms with Gasteiger partial charge in [-0.05, 0) is 24.8 Å². The van der Waals surface area contributed by atoms with Gasteiger partial charge in [-0.2, -0.15) is 0 Å². The van der Waals surface area contributed by atoms with E-state index in [-0.39, 0.29) is 5.41 Å². The van der Waals surface area contributed by atoms with Gasteiger partial charge in [0, 0.05) is 25.0 Å². The summed E-state index contributed by atoms with van der Waals surface area (Å²) in [4.78, 5) is 2.51. The number of likely N-dealkylation sites (tertiary alicyclic amines) is 1. The molecule has 0 saturated carbocycles. The standard InChI is InChI=1S/C18H26N4/c1-14(2)22-13-19-20-17(22)11-21-10-16(18(3,4)12-21)15-8-6-5-7-9-15/h5-9,13-14,16H,10-12H2,1-4H3. The van der Waals surface area contributed by atoms with Crippen molar-refractivity contribution >= 4 is 0 Å². The zero-order valence-electron chi connectivity index (χ0n) is 14.0. The van der Waals surface area contributed by atoms with Crippen molar-refractivity contribution in [1.29, 1.82) is 0 Å². The Hall–Kier alpha value is -1.68. The zero-order chi connectivity index (χ0) is 15.7. The van der Waals surface area contributed by atoms with Gasteiger partial charge in [0.2, 0.25) is 0 Å². The third-order valence-electron chi connectivity index (χ3n) is 4.79. The largest absolute Gasteiger partial charge is 0.314 e. The molecule has 4 heteroatoms. The predicted octanol–water partition coefficient (Wildman–Crippen LogP) is 3.48. The van der Waals surface area contributed by atoms with Crippen LogP contribution in [0.15, 0.2) is 36.7 Å². The molecule has 1 aromatic heterocycles. The topological polar surface area (TPSA) is 34.0 Å². The lowest BCUT2D eigenvalue weighted by Gasteiger charge is -2.26. The molecule has 1 saturated heterocycles. The Labute approximate surface area is 133 Å². The van der Waals surface area contributed by atoms with Gasteiger partial charge in [-0.1, -0.05) is 44.2 Å². The monoisotopic (exact) mass is 298 g/mol. The summed E-state index contributed by atoms with van der Waals surface area (Å²) >= 11 is 0. The fraction of sp³-hybridized carbons (Fsp3) is 0.556.